The Labute approximate surface area is 79.8 Å². The van der Waals surface area contributed by atoms with Crippen LogP contribution < -0.4 is 5.73 Å². The number of nitrogens with two attached hydrogens (primary N) is 1. The molecular weight excluding hydrogens is 188 g/mol. The number of halogens is 1. The van der Waals surface area contributed by atoms with E-state index in [1.165, 1.54) is 6.07 Å². The second-order valence-electron chi connectivity index (χ2n) is 2.92. The Morgan fingerprint density at radius 3 is 2.79 bits per heavy atom. The molecule has 1 rings (SSSR count). The van der Waals surface area contributed by atoms with Gasteiger partial charge in [-0.05, 0) is 23.8 Å². The van der Waals surface area contributed by atoms with Gasteiger partial charge in [-0.3, -0.25) is 4.79 Å². The van der Waals surface area contributed by atoms with E-state index in [-0.39, 0.29) is 17.7 Å². The molecule has 1 aromatic rings. The molecule has 76 valence electrons. The fourth-order valence-corrected chi connectivity index (χ4v) is 1.04. The van der Waals surface area contributed by atoms with Gasteiger partial charge in [-0.1, -0.05) is 0 Å². The number of carbonyl (C=O) groups is 1. The molecule has 0 aliphatic carbocycles. The third-order valence-electron chi connectivity index (χ3n) is 1.79. The fourth-order valence-electron chi connectivity index (χ4n) is 1.04. The van der Waals surface area contributed by atoms with Crippen LogP contribution in [0.2, 0.25) is 0 Å². The van der Waals surface area contributed by atoms with E-state index in [1.807, 2.05) is 0 Å². The Morgan fingerprint density at radius 2 is 2.21 bits per heavy atom. The first-order valence-corrected chi connectivity index (χ1v) is 3.96. The number of phenolic OH excluding ortho intramolecular Hbond substituents is 1. The number of carboxylic acid groups (broad SMARTS) is 1. The monoisotopic (exact) mass is 198 g/mol. The van der Waals surface area contributed by atoms with Crippen LogP contribution in [0, 0.1) is 5.82 Å². The molecule has 0 spiro atoms. The van der Waals surface area contributed by atoms with Gasteiger partial charge in [-0.2, -0.15) is 0 Å². The predicted octanol–water partition coefficient (Wildman–Crippen LogP) is 0.486. The van der Waals surface area contributed by atoms with Crippen molar-refractivity contribution in [3.63, 3.8) is 0 Å². The standard InChI is InChI=1S/C9H10FNO3/c10-7-2-1-6(12)3-5(7)4-8(11)9(13)14/h1-3,8,12H,4,11H2,(H,13,14)/i10-1. The van der Waals surface area contributed by atoms with Gasteiger partial charge in [0.05, 0.1) is 0 Å². The van der Waals surface area contributed by atoms with Gasteiger partial charge in [0, 0.05) is 6.42 Å². The molecule has 0 fully saturated rings. The Bertz CT molecular complexity index is 354. The van der Waals surface area contributed by atoms with Crippen molar-refractivity contribution in [2.24, 2.45) is 5.73 Å². The molecule has 0 aliphatic rings. The average Bonchev–Trinajstić information content (AvgIpc) is 2.11. The van der Waals surface area contributed by atoms with Gasteiger partial charge in [0.1, 0.15) is 17.6 Å². The molecule has 0 aromatic heterocycles. The van der Waals surface area contributed by atoms with E-state index in [9.17, 15) is 9.18 Å². The minimum absolute atomic E-state index is 0.0971. The summed E-state index contributed by atoms with van der Waals surface area (Å²) in [4.78, 5) is 10.4. The predicted molar refractivity (Wildman–Crippen MR) is 47.4 cm³/mol. The normalized spacial score (nSPS) is 12.4. The minimum atomic E-state index is -1.20. The minimum Gasteiger partial charge on any atom is -0.508 e. The molecule has 1 atom stereocenters. The highest BCUT2D eigenvalue weighted by Crippen LogP contribution is 2.16. The van der Waals surface area contributed by atoms with Crippen LogP contribution in [0.1, 0.15) is 5.56 Å². The molecule has 1 unspecified atom stereocenters. The average molecular weight is 198 g/mol. The summed E-state index contributed by atoms with van der Waals surface area (Å²) in [5.41, 5.74) is 5.32. The van der Waals surface area contributed by atoms with Crippen molar-refractivity contribution in [1.82, 2.24) is 0 Å². The number of rotatable bonds is 3. The van der Waals surface area contributed by atoms with E-state index in [0.29, 0.717) is 0 Å². The molecule has 1 aromatic carbocycles. The number of aromatic hydroxyl groups is 1. The summed E-state index contributed by atoms with van der Waals surface area (Å²) < 4.78 is 13.0. The first kappa shape index (κ1) is 10.5. The van der Waals surface area contributed by atoms with Crippen molar-refractivity contribution >= 4 is 5.97 Å². The van der Waals surface area contributed by atoms with Crippen LogP contribution in [-0.4, -0.2) is 22.2 Å². The van der Waals surface area contributed by atoms with E-state index in [0.717, 1.165) is 12.1 Å². The van der Waals surface area contributed by atoms with Gasteiger partial charge in [-0.15, -0.1) is 0 Å². The number of benzene rings is 1. The van der Waals surface area contributed by atoms with E-state index in [2.05, 4.69) is 0 Å². The van der Waals surface area contributed by atoms with Crippen molar-refractivity contribution in [3.05, 3.63) is 29.6 Å². The molecule has 0 saturated carbocycles. The van der Waals surface area contributed by atoms with Crippen LogP contribution in [0.3, 0.4) is 0 Å². The van der Waals surface area contributed by atoms with Crippen LogP contribution in [0.15, 0.2) is 18.2 Å². The summed E-state index contributed by atoms with van der Waals surface area (Å²) in [5, 5.41) is 17.5. The molecule has 4 nitrogen and oxygen atoms in total. The van der Waals surface area contributed by atoms with Gasteiger partial charge in [0.25, 0.3) is 0 Å². The fraction of sp³-hybridized carbons (Fsp3) is 0.222. The summed E-state index contributed by atoms with van der Waals surface area (Å²) >= 11 is 0. The Hall–Kier alpha value is -1.62. The second-order valence-corrected chi connectivity index (χ2v) is 2.92. The van der Waals surface area contributed by atoms with Crippen LogP contribution >= 0.6 is 0 Å². The molecule has 0 bridgehead atoms. The maximum atomic E-state index is 13.0. The summed E-state index contributed by atoms with van der Waals surface area (Å²) in [6.45, 7) is 0. The second kappa shape index (κ2) is 4.06. The number of phenols is 1. The summed E-state index contributed by atoms with van der Waals surface area (Å²) in [6.07, 6.45) is -0.143. The van der Waals surface area contributed by atoms with Crippen LogP contribution in [-0.2, 0) is 11.2 Å². The van der Waals surface area contributed by atoms with Crippen LogP contribution in [0.4, 0.5) is 4.39 Å². The highest BCUT2D eigenvalue weighted by atomic mass is 18.2. The summed E-state index contributed by atoms with van der Waals surface area (Å²) in [6, 6.07) is 2.26. The van der Waals surface area contributed by atoms with Gasteiger partial charge >= 0.3 is 5.97 Å². The third kappa shape index (κ3) is 2.43. The van der Waals surface area contributed by atoms with Gasteiger partial charge in [0.15, 0.2) is 0 Å². The molecule has 0 saturated heterocycles. The smallest absolute Gasteiger partial charge is 0.320 e. The lowest BCUT2D eigenvalue weighted by atomic mass is 10.1. The van der Waals surface area contributed by atoms with Crippen molar-refractivity contribution in [3.8, 4) is 5.75 Å². The SMILES string of the molecule is NC(Cc1cc(O)ccc1[18F])C(=O)O. The van der Waals surface area contributed by atoms with E-state index >= 15 is 0 Å². The highest BCUT2D eigenvalue weighted by molar-refractivity contribution is 5.73. The zero-order valence-electron chi connectivity index (χ0n) is 7.27. The third-order valence-corrected chi connectivity index (χ3v) is 1.79. The molecular formula is C9H10FNO3. The lowest BCUT2D eigenvalue weighted by Crippen LogP contribution is -2.32. The summed E-state index contributed by atoms with van der Waals surface area (Å²) in [5.74, 6) is -1.88. The van der Waals surface area contributed by atoms with Gasteiger partial charge in [0.2, 0.25) is 0 Å². The quantitative estimate of drug-likeness (QED) is 0.659. The largest absolute Gasteiger partial charge is 0.508 e. The van der Waals surface area contributed by atoms with E-state index in [1.54, 1.807) is 0 Å². The molecule has 0 radical (unpaired) electrons. The molecule has 14 heavy (non-hydrogen) atoms. The summed E-state index contributed by atoms with van der Waals surface area (Å²) in [7, 11) is 0. The number of aliphatic carboxylic acids is 1. The van der Waals surface area contributed by atoms with Gasteiger partial charge < -0.3 is 15.9 Å². The zero-order valence-corrected chi connectivity index (χ0v) is 7.27. The number of carboxylic acids is 1. The van der Waals surface area contributed by atoms with E-state index < -0.39 is 17.8 Å². The van der Waals surface area contributed by atoms with Crippen molar-refractivity contribution in [2.75, 3.05) is 0 Å². The lowest BCUT2D eigenvalue weighted by molar-refractivity contribution is -0.138. The molecule has 4 N–H and O–H groups in total. The topological polar surface area (TPSA) is 83.5 Å². The maximum absolute atomic E-state index is 13.0. The van der Waals surface area contributed by atoms with Crippen molar-refractivity contribution < 1.29 is 19.4 Å². The highest BCUT2D eigenvalue weighted by Gasteiger charge is 2.14. The molecule has 0 heterocycles. The Kier molecular flexibility index (Phi) is 3.03. The van der Waals surface area contributed by atoms with Crippen molar-refractivity contribution in [1.29, 1.82) is 0 Å². The number of hydrogen-bond donors (Lipinski definition) is 3. The molecule has 0 amide bonds. The van der Waals surface area contributed by atoms with Crippen LogP contribution in [0.25, 0.3) is 0 Å². The first-order valence-electron chi connectivity index (χ1n) is 3.96. The first-order chi connectivity index (χ1) is 6.50. The van der Waals surface area contributed by atoms with Crippen molar-refractivity contribution in [2.45, 2.75) is 12.5 Å². The van der Waals surface area contributed by atoms with Crippen LogP contribution in [0.5, 0.6) is 5.75 Å². The Balaban J connectivity index is 2.85. The zero-order chi connectivity index (χ0) is 10.7. The lowest BCUT2D eigenvalue weighted by Gasteiger charge is -2.07. The number of hydrogen-bond acceptors (Lipinski definition) is 3. The molecule has 5 heteroatoms. The van der Waals surface area contributed by atoms with Gasteiger partial charge in [-0.25, -0.2) is 4.39 Å². The molecule has 0 aliphatic heterocycles. The van der Waals surface area contributed by atoms with E-state index in [4.69, 9.17) is 15.9 Å². The Morgan fingerprint density at radius 1 is 1.57 bits per heavy atom. The maximum Gasteiger partial charge on any atom is 0.320 e.